The summed E-state index contributed by atoms with van der Waals surface area (Å²) in [6.45, 7) is 6.07. The minimum atomic E-state index is -0.0684. The van der Waals surface area contributed by atoms with Gasteiger partial charge in [-0.1, -0.05) is 6.07 Å². The van der Waals surface area contributed by atoms with E-state index in [9.17, 15) is 4.39 Å². The summed E-state index contributed by atoms with van der Waals surface area (Å²) in [7, 11) is 0. The SMILES string of the molecule is Cc1ccc(F)c(C)c1C1CCCNC1. The molecule has 0 saturated carbocycles. The zero-order valence-corrected chi connectivity index (χ0v) is 9.44. The second-order valence-corrected chi connectivity index (χ2v) is 4.45. The largest absolute Gasteiger partial charge is 0.316 e. The Morgan fingerprint density at radius 1 is 1.33 bits per heavy atom. The molecule has 1 fully saturated rings. The van der Waals surface area contributed by atoms with E-state index in [1.54, 1.807) is 6.07 Å². The van der Waals surface area contributed by atoms with Gasteiger partial charge in [0.15, 0.2) is 0 Å². The maximum Gasteiger partial charge on any atom is 0.126 e. The Hall–Kier alpha value is -0.890. The second kappa shape index (κ2) is 4.31. The Bertz CT molecular complexity index is 354. The summed E-state index contributed by atoms with van der Waals surface area (Å²) in [5.74, 6) is 0.427. The van der Waals surface area contributed by atoms with Gasteiger partial charge in [-0.25, -0.2) is 4.39 Å². The van der Waals surface area contributed by atoms with E-state index in [-0.39, 0.29) is 5.82 Å². The Morgan fingerprint density at radius 2 is 2.13 bits per heavy atom. The van der Waals surface area contributed by atoms with Gasteiger partial charge in [0.1, 0.15) is 5.82 Å². The van der Waals surface area contributed by atoms with Crippen LogP contribution in [0.15, 0.2) is 12.1 Å². The molecule has 0 spiro atoms. The van der Waals surface area contributed by atoms with Crippen molar-refractivity contribution in [1.29, 1.82) is 0 Å². The van der Waals surface area contributed by atoms with Gasteiger partial charge in [0, 0.05) is 6.54 Å². The summed E-state index contributed by atoms with van der Waals surface area (Å²) in [5, 5.41) is 3.38. The molecule has 1 aliphatic heterocycles. The Kier molecular flexibility index (Phi) is 3.06. The maximum absolute atomic E-state index is 13.5. The highest BCUT2D eigenvalue weighted by Gasteiger charge is 2.20. The normalized spacial score (nSPS) is 21.7. The topological polar surface area (TPSA) is 12.0 Å². The van der Waals surface area contributed by atoms with Crippen LogP contribution in [-0.4, -0.2) is 13.1 Å². The molecule has 1 unspecified atom stereocenters. The summed E-state index contributed by atoms with van der Waals surface area (Å²) < 4.78 is 13.5. The van der Waals surface area contributed by atoms with Crippen molar-refractivity contribution in [3.8, 4) is 0 Å². The van der Waals surface area contributed by atoms with Crippen LogP contribution >= 0.6 is 0 Å². The van der Waals surface area contributed by atoms with Crippen LogP contribution in [0.4, 0.5) is 4.39 Å². The number of hydrogen-bond acceptors (Lipinski definition) is 1. The van der Waals surface area contributed by atoms with Gasteiger partial charge in [0.05, 0.1) is 0 Å². The predicted molar refractivity (Wildman–Crippen MR) is 60.7 cm³/mol. The third kappa shape index (κ3) is 2.05. The average molecular weight is 207 g/mol. The van der Waals surface area contributed by atoms with Crippen molar-refractivity contribution in [3.63, 3.8) is 0 Å². The Balaban J connectivity index is 2.36. The van der Waals surface area contributed by atoms with E-state index in [1.165, 1.54) is 24.0 Å². The molecule has 0 radical (unpaired) electrons. The second-order valence-electron chi connectivity index (χ2n) is 4.45. The van der Waals surface area contributed by atoms with E-state index in [2.05, 4.69) is 12.2 Å². The highest BCUT2D eigenvalue weighted by Crippen LogP contribution is 2.30. The van der Waals surface area contributed by atoms with E-state index in [0.717, 1.165) is 18.7 Å². The van der Waals surface area contributed by atoms with Gasteiger partial charge >= 0.3 is 0 Å². The maximum atomic E-state index is 13.5. The molecule has 82 valence electrons. The van der Waals surface area contributed by atoms with Gasteiger partial charge in [-0.3, -0.25) is 0 Å². The van der Waals surface area contributed by atoms with Crippen molar-refractivity contribution in [2.75, 3.05) is 13.1 Å². The average Bonchev–Trinajstić information content (AvgIpc) is 2.26. The van der Waals surface area contributed by atoms with Crippen LogP contribution in [0.1, 0.15) is 35.4 Å². The van der Waals surface area contributed by atoms with Crippen LogP contribution in [0, 0.1) is 19.7 Å². The summed E-state index contributed by atoms with van der Waals surface area (Å²) in [6.07, 6.45) is 2.37. The predicted octanol–water partition coefficient (Wildman–Crippen LogP) is 2.91. The zero-order valence-electron chi connectivity index (χ0n) is 9.44. The van der Waals surface area contributed by atoms with Gasteiger partial charge in [0.2, 0.25) is 0 Å². The standard InChI is InChI=1S/C13H18FN/c1-9-5-6-12(14)10(2)13(9)11-4-3-7-15-8-11/h5-6,11,15H,3-4,7-8H2,1-2H3. The van der Waals surface area contributed by atoms with Gasteiger partial charge in [0.25, 0.3) is 0 Å². The van der Waals surface area contributed by atoms with E-state index in [4.69, 9.17) is 0 Å². The monoisotopic (exact) mass is 207 g/mol. The number of halogens is 1. The van der Waals surface area contributed by atoms with Crippen molar-refractivity contribution >= 4 is 0 Å². The molecule has 1 N–H and O–H groups in total. The first kappa shape index (κ1) is 10.6. The van der Waals surface area contributed by atoms with Crippen LogP contribution in [0.3, 0.4) is 0 Å². The molecule has 1 aromatic carbocycles. The van der Waals surface area contributed by atoms with E-state index >= 15 is 0 Å². The number of piperidine rings is 1. The number of aryl methyl sites for hydroxylation is 1. The molecule has 1 saturated heterocycles. The van der Waals surface area contributed by atoms with Crippen molar-refractivity contribution in [3.05, 3.63) is 34.6 Å². The van der Waals surface area contributed by atoms with Crippen molar-refractivity contribution < 1.29 is 4.39 Å². The van der Waals surface area contributed by atoms with Gasteiger partial charge in [-0.15, -0.1) is 0 Å². The van der Waals surface area contributed by atoms with E-state index < -0.39 is 0 Å². The Labute approximate surface area is 90.7 Å². The fourth-order valence-corrected chi connectivity index (χ4v) is 2.56. The summed E-state index contributed by atoms with van der Waals surface area (Å²) in [5.41, 5.74) is 3.29. The van der Waals surface area contributed by atoms with E-state index in [1.807, 2.05) is 13.0 Å². The highest BCUT2D eigenvalue weighted by atomic mass is 19.1. The van der Waals surface area contributed by atoms with Crippen molar-refractivity contribution in [1.82, 2.24) is 5.32 Å². The van der Waals surface area contributed by atoms with Gasteiger partial charge in [-0.05, 0) is 61.9 Å². The lowest BCUT2D eigenvalue weighted by Gasteiger charge is -2.26. The number of rotatable bonds is 1. The molecule has 2 rings (SSSR count). The molecular weight excluding hydrogens is 189 g/mol. The number of benzene rings is 1. The van der Waals surface area contributed by atoms with Crippen LogP contribution in [0.2, 0.25) is 0 Å². The lowest BCUT2D eigenvalue weighted by Crippen LogP contribution is -2.29. The third-order valence-electron chi connectivity index (χ3n) is 3.37. The first-order valence-electron chi connectivity index (χ1n) is 5.66. The Morgan fingerprint density at radius 3 is 2.80 bits per heavy atom. The minimum absolute atomic E-state index is 0.0684. The minimum Gasteiger partial charge on any atom is -0.316 e. The molecule has 1 atom stereocenters. The summed E-state index contributed by atoms with van der Waals surface area (Å²) in [4.78, 5) is 0. The van der Waals surface area contributed by atoms with Crippen LogP contribution in [0.5, 0.6) is 0 Å². The van der Waals surface area contributed by atoms with Crippen LogP contribution in [-0.2, 0) is 0 Å². The molecule has 0 bridgehead atoms. The number of hydrogen-bond donors (Lipinski definition) is 1. The molecule has 1 aromatic rings. The van der Waals surface area contributed by atoms with Crippen molar-refractivity contribution in [2.24, 2.45) is 0 Å². The molecule has 1 aliphatic rings. The van der Waals surface area contributed by atoms with E-state index in [0.29, 0.717) is 5.92 Å². The molecule has 0 amide bonds. The van der Waals surface area contributed by atoms with Gasteiger partial charge in [-0.2, -0.15) is 0 Å². The fraction of sp³-hybridized carbons (Fsp3) is 0.538. The molecule has 0 aromatic heterocycles. The molecule has 2 heteroatoms. The third-order valence-corrected chi connectivity index (χ3v) is 3.37. The first-order valence-corrected chi connectivity index (χ1v) is 5.66. The molecule has 1 heterocycles. The lowest BCUT2D eigenvalue weighted by atomic mass is 9.86. The van der Waals surface area contributed by atoms with Crippen LogP contribution < -0.4 is 5.32 Å². The quantitative estimate of drug-likeness (QED) is 0.746. The summed E-state index contributed by atoms with van der Waals surface area (Å²) in [6, 6.07) is 3.47. The molecule has 1 nitrogen and oxygen atoms in total. The molecule has 15 heavy (non-hydrogen) atoms. The zero-order chi connectivity index (χ0) is 10.8. The lowest BCUT2D eigenvalue weighted by molar-refractivity contribution is 0.456. The molecular formula is C13H18FN. The first-order chi connectivity index (χ1) is 7.20. The molecule has 0 aliphatic carbocycles. The fourth-order valence-electron chi connectivity index (χ4n) is 2.56. The highest BCUT2D eigenvalue weighted by molar-refractivity contribution is 5.38. The smallest absolute Gasteiger partial charge is 0.126 e. The summed E-state index contributed by atoms with van der Waals surface area (Å²) >= 11 is 0. The van der Waals surface area contributed by atoms with Gasteiger partial charge < -0.3 is 5.32 Å². The number of nitrogens with one attached hydrogen (secondary N) is 1. The van der Waals surface area contributed by atoms with Crippen LogP contribution in [0.25, 0.3) is 0 Å². The van der Waals surface area contributed by atoms with Crippen molar-refractivity contribution in [2.45, 2.75) is 32.6 Å².